The Morgan fingerprint density at radius 3 is 2.33 bits per heavy atom. The maximum atomic E-state index is 13.0. The lowest BCUT2D eigenvalue weighted by molar-refractivity contribution is -0.124. The van der Waals surface area contributed by atoms with Gasteiger partial charge in [0.05, 0.1) is 18.2 Å². The molecule has 0 saturated carbocycles. The number of carbonyl (C=O) groups is 1. The fraction of sp³-hybridized carbons (Fsp3) is 0.143. The van der Waals surface area contributed by atoms with Crippen molar-refractivity contribution in [3.05, 3.63) is 88.2 Å². The first kappa shape index (κ1) is 17.1. The summed E-state index contributed by atoms with van der Waals surface area (Å²) in [5.74, 6) is -0.159. The van der Waals surface area contributed by atoms with Gasteiger partial charge in [-0.2, -0.15) is 10.3 Å². The largest absolute Gasteiger partial charge is 0.311 e. The van der Waals surface area contributed by atoms with Gasteiger partial charge < -0.3 is 4.90 Å². The van der Waals surface area contributed by atoms with Gasteiger partial charge in [-0.25, -0.2) is 4.85 Å². The maximum Gasteiger partial charge on any atom is 0.275 e. The third-order valence-electron chi connectivity index (χ3n) is 4.79. The molecule has 0 aliphatic carbocycles. The van der Waals surface area contributed by atoms with E-state index in [1.807, 2.05) is 40.8 Å². The SMILES string of the molecule is [C-]#[N+]c1ccc(CC2(Cc3ccc(C#N)cc3)C(=O)N=C3SC=CN32)cc1. The van der Waals surface area contributed by atoms with E-state index in [4.69, 9.17) is 11.8 Å². The zero-order chi connectivity index (χ0) is 18.9. The van der Waals surface area contributed by atoms with Gasteiger partial charge in [0.15, 0.2) is 10.9 Å². The Kier molecular flexibility index (Phi) is 4.27. The summed E-state index contributed by atoms with van der Waals surface area (Å²) in [7, 11) is 0. The Balaban J connectivity index is 1.71. The second-order valence-corrected chi connectivity index (χ2v) is 7.32. The molecule has 6 heteroatoms. The van der Waals surface area contributed by atoms with Crippen LogP contribution < -0.4 is 0 Å². The minimum absolute atomic E-state index is 0.159. The first-order valence-corrected chi connectivity index (χ1v) is 9.24. The Bertz CT molecular complexity index is 980. The van der Waals surface area contributed by atoms with Crippen molar-refractivity contribution < 1.29 is 4.79 Å². The predicted octanol–water partition coefficient (Wildman–Crippen LogP) is 4.05. The van der Waals surface area contributed by atoms with Crippen molar-refractivity contribution in [3.63, 3.8) is 0 Å². The highest BCUT2D eigenvalue weighted by Crippen LogP contribution is 2.39. The number of nitrogens with zero attached hydrogens (tertiary/aromatic N) is 4. The summed E-state index contributed by atoms with van der Waals surface area (Å²) < 4.78 is 0. The van der Waals surface area contributed by atoms with Crippen LogP contribution in [-0.4, -0.2) is 21.5 Å². The molecule has 5 nitrogen and oxygen atoms in total. The van der Waals surface area contributed by atoms with Gasteiger partial charge in [0, 0.05) is 19.0 Å². The third kappa shape index (κ3) is 3.01. The summed E-state index contributed by atoms with van der Waals surface area (Å²) in [6.07, 6.45) is 2.88. The van der Waals surface area contributed by atoms with Gasteiger partial charge in [-0.3, -0.25) is 4.79 Å². The van der Waals surface area contributed by atoms with Gasteiger partial charge in [0.25, 0.3) is 5.91 Å². The van der Waals surface area contributed by atoms with Crippen molar-refractivity contribution in [1.82, 2.24) is 4.90 Å². The fourth-order valence-corrected chi connectivity index (χ4v) is 4.21. The van der Waals surface area contributed by atoms with Crippen LogP contribution in [0.1, 0.15) is 16.7 Å². The van der Waals surface area contributed by atoms with Crippen LogP contribution in [0.2, 0.25) is 0 Å². The molecule has 0 N–H and O–H groups in total. The molecule has 130 valence electrons. The van der Waals surface area contributed by atoms with E-state index < -0.39 is 5.54 Å². The Labute approximate surface area is 161 Å². The molecule has 0 saturated heterocycles. The minimum Gasteiger partial charge on any atom is -0.311 e. The maximum absolute atomic E-state index is 13.0. The second-order valence-electron chi connectivity index (χ2n) is 6.44. The van der Waals surface area contributed by atoms with Gasteiger partial charge in [-0.15, -0.1) is 0 Å². The molecule has 1 amide bonds. The smallest absolute Gasteiger partial charge is 0.275 e. The van der Waals surface area contributed by atoms with Gasteiger partial charge in [0.2, 0.25) is 0 Å². The molecule has 2 aliphatic heterocycles. The van der Waals surface area contributed by atoms with Crippen molar-refractivity contribution >= 4 is 28.5 Å². The molecule has 0 aromatic heterocycles. The molecular weight excluding hydrogens is 356 g/mol. The lowest BCUT2D eigenvalue weighted by atomic mass is 9.83. The first-order valence-electron chi connectivity index (χ1n) is 8.36. The number of fused-ring (bicyclic) bond motifs is 1. The summed E-state index contributed by atoms with van der Waals surface area (Å²) in [4.78, 5) is 22.6. The summed E-state index contributed by atoms with van der Waals surface area (Å²) in [5, 5.41) is 11.6. The molecular formula is C21H14N4OS. The standard InChI is InChI=1S/C21H14N4OS/c1-23-18-8-6-16(7-9-18)13-21(12-15-2-4-17(14-22)5-3-15)19(26)24-20-25(21)10-11-27-20/h2-11H,12-13H2. The number of hydrogen-bond acceptors (Lipinski definition) is 4. The number of nitriles is 1. The lowest BCUT2D eigenvalue weighted by Gasteiger charge is -2.34. The van der Waals surface area contributed by atoms with E-state index >= 15 is 0 Å². The van der Waals surface area contributed by atoms with E-state index in [2.05, 4.69) is 15.9 Å². The van der Waals surface area contributed by atoms with Crippen molar-refractivity contribution in [1.29, 1.82) is 5.26 Å². The average Bonchev–Trinajstić information content (AvgIpc) is 3.25. The zero-order valence-electron chi connectivity index (χ0n) is 14.3. The van der Waals surface area contributed by atoms with Crippen LogP contribution in [0, 0.1) is 17.9 Å². The normalized spacial score (nSPS) is 20.1. The summed E-state index contributed by atoms with van der Waals surface area (Å²) in [5.41, 5.74) is 2.29. The van der Waals surface area contributed by atoms with Crippen LogP contribution in [0.15, 0.2) is 65.1 Å². The highest BCUT2D eigenvalue weighted by atomic mass is 32.2. The van der Waals surface area contributed by atoms with Gasteiger partial charge in [-0.1, -0.05) is 48.2 Å². The molecule has 4 rings (SSSR count). The van der Waals surface area contributed by atoms with Crippen molar-refractivity contribution in [2.75, 3.05) is 0 Å². The molecule has 0 fully saturated rings. The molecule has 0 radical (unpaired) electrons. The summed E-state index contributed by atoms with van der Waals surface area (Å²) in [6, 6.07) is 16.8. The zero-order valence-corrected chi connectivity index (χ0v) is 15.1. The number of amidine groups is 1. The quantitative estimate of drug-likeness (QED) is 0.762. The first-order chi connectivity index (χ1) is 13.1. The number of carbonyl (C=O) groups excluding carboxylic acids is 1. The van der Waals surface area contributed by atoms with Crippen LogP contribution in [0.25, 0.3) is 4.85 Å². The molecule has 0 spiro atoms. The van der Waals surface area contributed by atoms with E-state index in [1.165, 1.54) is 11.8 Å². The molecule has 2 heterocycles. The molecule has 2 aliphatic rings. The van der Waals surface area contributed by atoms with Crippen LogP contribution >= 0.6 is 11.8 Å². The number of hydrogen-bond donors (Lipinski definition) is 0. The molecule has 1 atom stereocenters. The number of amides is 1. The topological polar surface area (TPSA) is 60.8 Å². The van der Waals surface area contributed by atoms with Gasteiger partial charge >= 0.3 is 0 Å². The van der Waals surface area contributed by atoms with E-state index in [1.54, 1.807) is 24.3 Å². The van der Waals surface area contributed by atoms with Crippen molar-refractivity contribution in [2.24, 2.45) is 4.99 Å². The Morgan fingerprint density at radius 1 is 1.11 bits per heavy atom. The highest BCUT2D eigenvalue weighted by molar-refractivity contribution is 8.16. The summed E-state index contributed by atoms with van der Waals surface area (Å²) in [6.45, 7) is 7.10. The molecule has 27 heavy (non-hydrogen) atoms. The van der Waals surface area contributed by atoms with Crippen LogP contribution in [0.5, 0.6) is 0 Å². The van der Waals surface area contributed by atoms with Crippen LogP contribution in [0.3, 0.4) is 0 Å². The van der Waals surface area contributed by atoms with E-state index in [9.17, 15) is 4.79 Å². The highest BCUT2D eigenvalue weighted by Gasteiger charge is 2.50. The molecule has 2 aromatic rings. The Hall–Kier alpha value is -3.35. The molecule has 2 aromatic carbocycles. The number of thioether (sulfide) groups is 1. The van der Waals surface area contributed by atoms with Crippen molar-refractivity contribution in [2.45, 2.75) is 18.4 Å². The fourth-order valence-electron chi connectivity index (χ4n) is 3.42. The number of benzene rings is 2. The summed E-state index contributed by atoms with van der Waals surface area (Å²) >= 11 is 1.44. The monoisotopic (exact) mass is 370 g/mol. The van der Waals surface area contributed by atoms with Crippen LogP contribution in [0.4, 0.5) is 5.69 Å². The second kappa shape index (κ2) is 6.75. The van der Waals surface area contributed by atoms with Gasteiger partial charge in [0.1, 0.15) is 5.54 Å². The van der Waals surface area contributed by atoms with E-state index in [0.717, 1.165) is 11.1 Å². The molecule has 0 bridgehead atoms. The number of aliphatic imine (C=N–C) groups is 1. The predicted molar refractivity (Wildman–Crippen MR) is 105 cm³/mol. The lowest BCUT2D eigenvalue weighted by Crippen LogP contribution is -2.51. The average molecular weight is 370 g/mol. The van der Waals surface area contributed by atoms with Crippen LogP contribution in [-0.2, 0) is 17.6 Å². The third-order valence-corrected chi connectivity index (χ3v) is 5.54. The number of rotatable bonds is 4. The van der Waals surface area contributed by atoms with E-state index in [0.29, 0.717) is 29.3 Å². The van der Waals surface area contributed by atoms with Crippen molar-refractivity contribution in [3.8, 4) is 6.07 Å². The minimum atomic E-state index is -0.830. The molecule has 1 unspecified atom stereocenters. The van der Waals surface area contributed by atoms with Gasteiger partial charge in [-0.05, 0) is 28.7 Å². The van der Waals surface area contributed by atoms with E-state index in [-0.39, 0.29) is 5.91 Å². The Morgan fingerprint density at radius 2 is 1.74 bits per heavy atom.